The Kier molecular flexibility index (Phi) is 5.15. The summed E-state index contributed by atoms with van der Waals surface area (Å²) in [5.41, 5.74) is 0.835. The maximum absolute atomic E-state index is 12.0. The molecule has 1 aromatic carbocycles. The highest BCUT2D eigenvalue weighted by atomic mass is 35.5. The van der Waals surface area contributed by atoms with Gasteiger partial charge in [0.2, 0.25) is 0 Å². The fourth-order valence-corrected chi connectivity index (χ4v) is 2.47. The summed E-state index contributed by atoms with van der Waals surface area (Å²) in [7, 11) is 0. The number of hydrogen-bond donors (Lipinski definition) is 4. The van der Waals surface area contributed by atoms with Crippen LogP contribution in [0, 0.1) is 0 Å². The average Bonchev–Trinajstić information content (AvgIpc) is 2.85. The molecule has 7 nitrogen and oxygen atoms in total. The van der Waals surface area contributed by atoms with Crippen LogP contribution in [0.2, 0.25) is 10.0 Å². The van der Waals surface area contributed by atoms with E-state index in [1.165, 1.54) is 6.07 Å². The Hall–Kier alpha value is -2.12. The standard InChI is InChI=1S/C15H17Cl2N3O4/c1-15(2,3)24-14(23)20-10-5-9(16)11(17)12-8(10)4-7(19-12)6-18-13(21)22/h4-5,18-19H,6H2,1-3H3,(H,20,23)(H,21,22). The van der Waals surface area contributed by atoms with Crippen LogP contribution in [0.15, 0.2) is 12.1 Å². The Morgan fingerprint density at radius 2 is 1.96 bits per heavy atom. The number of anilines is 1. The molecule has 0 saturated heterocycles. The Balaban J connectivity index is 2.37. The summed E-state index contributed by atoms with van der Waals surface area (Å²) in [6.45, 7) is 5.32. The molecular weight excluding hydrogens is 357 g/mol. The molecule has 0 radical (unpaired) electrons. The molecule has 0 atom stereocenters. The molecule has 0 bridgehead atoms. The number of benzene rings is 1. The minimum atomic E-state index is -1.15. The number of ether oxygens (including phenoxy) is 1. The predicted molar refractivity (Wildman–Crippen MR) is 93.0 cm³/mol. The molecule has 0 spiro atoms. The van der Waals surface area contributed by atoms with E-state index in [2.05, 4.69) is 15.6 Å². The first-order valence-electron chi connectivity index (χ1n) is 7.03. The van der Waals surface area contributed by atoms with E-state index in [0.717, 1.165) is 0 Å². The quantitative estimate of drug-likeness (QED) is 0.631. The molecule has 4 N–H and O–H groups in total. The topological polar surface area (TPSA) is 103 Å². The van der Waals surface area contributed by atoms with Crippen molar-refractivity contribution in [2.24, 2.45) is 0 Å². The van der Waals surface area contributed by atoms with E-state index >= 15 is 0 Å². The lowest BCUT2D eigenvalue weighted by Crippen LogP contribution is -2.27. The zero-order chi connectivity index (χ0) is 18.1. The third-order valence-electron chi connectivity index (χ3n) is 2.93. The molecule has 0 aliphatic carbocycles. The first kappa shape index (κ1) is 18.2. The molecular formula is C15H17Cl2N3O4. The first-order valence-corrected chi connectivity index (χ1v) is 7.79. The molecule has 2 rings (SSSR count). The van der Waals surface area contributed by atoms with Crippen molar-refractivity contribution in [3.05, 3.63) is 27.9 Å². The molecule has 9 heteroatoms. The summed E-state index contributed by atoms with van der Waals surface area (Å²) in [6.07, 6.45) is -1.78. The van der Waals surface area contributed by atoms with E-state index in [-0.39, 0.29) is 16.6 Å². The van der Waals surface area contributed by atoms with Crippen molar-refractivity contribution >= 4 is 52.0 Å². The zero-order valence-corrected chi connectivity index (χ0v) is 14.8. The highest BCUT2D eigenvalue weighted by molar-refractivity contribution is 6.45. The van der Waals surface area contributed by atoms with Crippen molar-refractivity contribution in [2.45, 2.75) is 32.9 Å². The molecule has 1 heterocycles. The van der Waals surface area contributed by atoms with Gasteiger partial charge in [-0.2, -0.15) is 0 Å². The molecule has 0 fully saturated rings. The summed E-state index contributed by atoms with van der Waals surface area (Å²) in [4.78, 5) is 25.6. The Morgan fingerprint density at radius 3 is 2.54 bits per heavy atom. The number of aromatic nitrogens is 1. The van der Waals surface area contributed by atoms with E-state index in [9.17, 15) is 9.59 Å². The van der Waals surface area contributed by atoms with Crippen LogP contribution in [0.1, 0.15) is 26.5 Å². The van der Waals surface area contributed by atoms with Gasteiger partial charge >= 0.3 is 12.2 Å². The van der Waals surface area contributed by atoms with Gasteiger partial charge in [0.1, 0.15) is 5.60 Å². The highest BCUT2D eigenvalue weighted by Gasteiger charge is 2.19. The number of halogens is 2. The van der Waals surface area contributed by atoms with Crippen molar-refractivity contribution in [3.8, 4) is 0 Å². The number of carbonyl (C=O) groups is 2. The summed E-state index contributed by atoms with van der Waals surface area (Å²) in [6, 6.07) is 3.19. The highest BCUT2D eigenvalue weighted by Crippen LogP contribution is 2.36. The van der Waals surface area contributed by atoms with Crippen molar-refractivity contribution in [1.29, 1.82) is 0 Å². The second kappa shape index (κ2) is 6.78. The number of fused-ring (bicyclic) bond motifs is 1. The second-order valence-corrected chi connectivity index (χ2v) is 6.87. The number of amides is 2. The minimum Gasteiger partial charge on any atom is -0.465 e. The van der Waals surface area contributed by atoms with Crippen LogP contribution < -0.4 is 10.6 Å². The fourth-order valence-electron chi connectivity index (χ4n) is 2.07. The minimum absolute atomic E-state index is 0.0594. The van der Waals surface area contributed by atoms with Gasteiger partial charge in [0, 0.05) is 11.1 Å². The van der Waals surface area contributed by atoms with Gasteiger partial charge in [-0.3, -0.25) is 5.32 Å². The summed E-state index contributed by atoms with van der Waals surface area (Å²) >= 11 is 12.3. The van der Waals surface area contributed by atoms with E-state index < -0.39 is 17.8 Å². The Bertz CT molecular complexity index is 796. The van der Waals surface area contributed by atoms with Gasteiger partial charge in [-0.15, -0.1) is 0 Å². The van der Waals surface area contributed by atoms with Gasteiger partial charge in [0.15, 0.2) is 0 Å². The molecule has 24 heavy (non-hydrogen) atoms. The van der Waals surface area contributed by atoms with Crippen LogP contribution in [0.4, 0.5) is 15.3 Å². The first-order chi connectivity index (χ1) is 11.1. The van der Waals surface area contributed by atoms with E-state index in [0.29, 0.717) is 22.3 Å². The van der Waals surface area contributed by atoms with Gasteiger partial charge in [0.05, 0.1) is 27.8 Å². The van der Waals surface area contributed by atoms with Crippen LogP contribution in [-0.2, 0) is 11.3 Å². The number of aromatic amines is 1. The van der Waals surface area contributed by atoms with Crippen molar-refractivity contribution in [2.75, 3.05) is 5.32 Å². The molecule has 0 saturated carbocycles. The van der Waals surface area contributed by atoms with Crippen LogP contribution >= 0.6 is 23.2 Å². The van der Waals surface area contributed by atoms with Gasteiger partial charge in [0.25, 0.3) is 0 Å². The van der Waals surface area contributed by atoms with Gasteiger partial charge in [-0.1, -0.05) is 23.2 Å². The van der Waals surface area contributed by atoms with Gasteiger partial charge in [-0.05, 0) is 32.9 Å². The number of carboxylic acid groups (broad SMARTS) is 1. The van der Waals surface area contributed by atoms with Crippen molar-refractivity contribution < 1.29 is 19.4 Å². The summed E-state index contributed by atoms with van der Waals surface area (Å²) in [5, 5.41) is 14.7. The summed E-state index contributed by atoms with van der Waals surface area (Å²) in [5.74, 6) is 0. The maximum Gasteiger partial charge on any atom is 0.412 e. The van der Waals surface area contributed by atoms with Crippen molar-refractivity contribution in [3.63, 3.8) is 0 Å². The third-order valence-corrected chi connectivity index (χ3v) is 3.72. The Morgan fingerprint density at radius 1 is 1.29 bits per heavy atom. The molecule has 0 unspecified atom stereocenters. The van der Waals surface area contributed by atoms with Crippen LogP contribution in [0.3, 0.4) is 0 Å². The predicted octanol–water partition coefficient (Wildman–Crippen LogP) is 4.59. The summed E-state index contributed by atoms with van der Waals surface area (Å²) < 4.78 is 5.22. The van der Waals surface area contributed by atoms with Crippen LogP contribution in [0.25, 0.3) is 10.9 Å². The zero-order valence-electron chi connectivity index (χ0n) is 13.3. The number of H-pyrrole nitrogens is 1. The SMILES string of the molecule is CC(C)(C)OC(=O)Nc1cc(Cl)c(Cl)c2[nH]c(CNC(=O)O)cc12. The molecule has 130 valence electrons. The molecule has 0 aliphatic rings. The van der Waals surface area contributed by atoms with Gasteiger partial charge in [-0.25, -0.2) is 9.59 Å². The van der Waals surface area contributed by atoms with Gasteiger partial charge < -0.3 is 20.1 Å². The number of carbonyl (C=O) groups excluding carboxylic acids is 1. The van der Waals surface area contributed by atoms with Crippen molar-refractivity contribution in [1.82, 2.24) is 10.3 Å². The normalized spacial score (nSPS) is 11.4. The number of hydrogen-bond acceptors (Lipinski definition) is 3. The Labute approximate surface area is 148 Å². The largest absolute Gasteiger partial charge is 0.465 e. The molecule has 0 aliphatic heterocycles. The van der Waals surface area contributed by atoms with E-state index in [1.54, 1.807) is 26.8 Å². The average molecular weight is 374 g/mol. The van der Waals surface area contributed by atoms with Crippen LogP contribution in [0.5, 0.6) is 0 Å². The molecule has 2 aromatic rings. The number of rotatable bonds is 3. The van der Waals surface area contributed by atoms with E-state index in [1.807, 2.05) is 0 Å². The lowest BCUT2D eigenvalue weighted by Gasteiger charge is -2.20. The van der Waals surface area contributed by atoms with Crippen LogP contribution in [-0.4, -0.2) is 27.9 Å². The fraction of sp³-hybridized carbons (Fsp3) is 0.333. The third kappa shape index (κ3) is 4.46. The number of nitrogens with one attached hydrogen (secondary N) is 3. The smallest absolute Gasteiger partial charge is 0.412 e. The molecule has 1 aromatic heterocycles. The monoisotopic (exact) mass is 373 g/mol. The lowest BCUT2D eigenvalue weighted by molar-refractivity contribution is 0.0636. The van der Waals surface area contributed by atoms with E-state index in [4.69, 9.17) is 33.0 Å². The second-order valence-electron chi connectivity index (χ2n) is 6.09. The lowest BCUT2D eigenvalue weighted by atomic mass is 10.2. The maximum atomic E-state index is 12.0. The molecule has 2 amide bonds.